The zero-order chi connectivity index (χ0) is 17.6. The molecule has 2 aromatic rings. The van der Waals surface area contributed by atoms with E-state index < -0.39 is 11.2 Å². The van der Waals surface area contributed by atoms with Gasteiger partial charge in [0.1, 0.15) is 5.66 Å². The van der Waals surface area contributed by atoms with E-state index in [4.69, 9.17) is 10.5 Å². The van der Waals surface area contributed by atoms with Crippen molar-refractivity contribution >= 4 is 11.4 Å². The quantitative estimate of drug-likeness (QED) is 0.739. The van der Waals surface area contributed by atoms with Gasteiger partial charge in [-0.2, -0.15) is 10.7 Å². The fourth-order valence-corrected chi connectivity index (χ4v) is 4.98. The van der Waals surface area contributed by atoms with Crippen LogP contribution in [0.25, 0.3) is 5.43 Å². The summed E-state index contributed by atoms with van der Waals surface area (Å²) in [5.74, 6) is -0.152. The number of nitrogens with zero attached hydrogens (tertiary/aromatic N) is 5. The topological polar surface area (TPSA) is 56.5 Å². The number of nitriles is 1. The molecule has 2 aliphatic heterocycles. The van der Waals surface area contributed by atoms with Crippen LogP contribution in [0, 0.1) is 17.2 Å². The smallest absolute Gasteiger partial charge is 0.225 e. The summed E-state index contributed by atoms with van der Waals surface area (Å²) in [6.07, 6.45) is 4.07. The summed E-state index contributed by atoms with van der Waals surface area (Å²) in [7, 11) is 0. The van der Waals surface area contributed by atoms with Gasteiger partial charge in [-0.1, -0.05) is 49.2 Å². The normalized spacial score (nSPS) is 32.2. The number of hydrogen-bond acceptors (Lipinski definition) is 3. The average molecular weight is 343 g/mol. The summed E-state index contributed by atoms with van der Waals surface area (Å²) in [4.78, 5) is 4.14. The number of azo groups is 1. The zero-order valence-corrected chi connectivity index (χ0v) is 14.6. The lowest BCUT2D eigenvalue weighted by molar-refractivity contribution is -0.457. The Morgan fingerprint density at radius 3 is 2.46 bits per heavy atom. The van der Waals surface area contributed by atoms with Crippen LogP contribution < -0.4 is 4.90 Å². The van der Waals surface area contributed by atoms with Crippen molar-refractivity contribution in [3.63, 3.8) is 0 Å². The maximum atomic E-state index is 9.97. The Labute approximate surface area is 153 Å². The molecule has 26 heavy (non-hydrogen) atoms. The SMILES string of the molecule is N#C[C@H]1CN(c2ccccc2)[C@@]23CCCC[C@@]12N=[N+](c1ccccc1)[N-]3. The minimum Gasteiger partial charge on any atom is -0.359 e. The predicted octanol–water partition coefficient (Wildman–Crippen LogP) is 4.75. The van der Waals surface area contributed by atoms with E-state index >= 15 is 0 Å². The van der Waals surface area contributed by atoms with Crippen LogP contribution in [-0.2, 0) is 0 Å². The van der Waals surface area contributed by atoms with Gasteiger partial charge in [0.05, 0.1) is 17.5 Å². The molecule has 0 spiro atoms. The molecule has 3 atom stereocenters. The lowest BCUT2D eigenvalue weighted by atomic mass is 9.69. The third-order valence-electron chi connectivity index (χ3n) is 6.16. The molecular weight excluding hydrogens is 322 g/mol. The van der Waals surface area contributed by atoms with E-state index in [-0.39, 0.29) is 5.92 Å². The first kappa shape index (κ1) is 15.4. The van der Waals surface area contributed by atoms with Crippen LogP contribution in [0.1, 0.15) is 25.7 Å². The number of rotatable bonds is 2. The van der Waals surface area contributed by atoms with Crippen molar-refractivity contribution in [3.05, 3.63) is 66.1 Å². The Bertz CT molecular complexity index is 888. The van der Waals surface area contributed by atoms with Crippen LogP contribution in [0.5, 0.6) is 0 Å². The van der Waals surface area contributed by atoms with Crippen molar-refractivity contribution < 1.29 is 4.81 Å². The summed E-state index contributed by atoms with van der Waals surface area (Å²) in [5, 5.41) is 15.1. The van der Waals surface area contributed by atoms with Crippen molar-refractivity contribution in [3.8, 4) is 6.07 Å². The van der Waals surface area contributed by atoms with Crippen LogP contribution in [0.3, 0.4) is 0 Å². The van der Waals surface area contributed by atoms with E-state index in [9.17, 15) is 5.26 Å². The fraction of sp³-hybridized carbons (Fsp3) is 0.381. The van der Waals surface area contributed by atoms with Gasteiger partial charge < -0.3 is 4.90 Å². The molecule has 1 aliphatic carbocycles. The fourth-order valence-electron chi connectivity index (χ4n) is 4.98. The van der Waals surface area contributed by atoms with Crippen molar-refractivity contribution in [1.29, 1.82) is 5.26 Å². The van der Waals surface area contributed by atoms with E-state index in [2.05, 4.69) is 35.2 Å². The van der Waals surface area contributed by atoms with E-state index in [0.717, 1.165) is 37.1 Å². The first-order valence-electron chi connectivity index (χ1n) is 9.32. The van der Waals surface area contributed by atoms with Gasteiger partial charge >= 0.3 is 0 Å². The standard InChI is InChI=1S/C21H21N5/c22-15-17-16-25(18-9-3-1-4-10-18)21-14-8-7-13-20(17,21)23-26(24-21)19-11-5-2-6-12-19/h1-6,9-12,17H,7-8,13-14,16H2/t17-,20+,21-/m0/s1. The number of para-hydroxylation sites is 2. The number of benzene rings is 2. The highest BCUT2D eigenvalue weighted by Gasteiger charge is 2.67. The van der Waals surface area contributed by atoms with Gasteiger partial charge in [0, 0.05) is 24.4 Å². The summed E-state index contributed by atoms with van der Waals surface area (Å²) in [6.45, 7) is 0.691. The van der Waals surface area contributed by atoms with Crippen LogP contribution in [0.2, 0.25) is 0 Å². The van der Waals surface area contributed by atoms with Gasteiger partial charge in [0.15, 0.2) is 0 Å². The summed E-state index contributed by atoms with van der Waals surface area (Å²) >= 11 is 0. The van der Waals surface area contributed by atoms with Gasteiger partial charge in [-0.15, -0.1) is 4.81 Å². The molecule has 0 N–H and O–H groups in total. The van der Waals surface area contributed by atoms with Gasteiger partial charge in [0.25, 0.3) is 0 Å². The third kappa shape index (κ3) is 1.90. The highest BCUT2D eigenvalue weighted by Crippen LogP contribution is 2.61. The molecule has 5 rings (SSSR count). The van der Waals surface area contributed by atoms with Gasteiger partial charge in [-0.3, -0.25) is 0 Å². The predicted molar refractivity (Wildman–Crippen MR) is 99.0 cm³/mol. The van der Waals surface area contributed by atoms with E-state index in [1.807, 2.05) is 36.4 Å². The first-order chi connectivity index (χ1) is 12.8. The molecule has 0 bridgehead atoms. The molecule has 3 aliphatic rings. The van der Waals surface area contributed by atoms with Crippen molar-refractivity contribution in [2.75, 3.05) is 11.4 Å². The molecule has 0 radical (unpaired) electrons. The van der Waals surface area contributed by atoms with E-state index in [0.29, 0.717) is 6.54 Å². The third-order valence-corrected chi connectivity index (χ3v) is 6.16. The maximum absolute atomic E-state index is 9.97. The first-order valence-corrected chi connectivity index (χ1v) is 9.32. The van der Waals surface area contributed by atoms with E-state index in [1.165, 1.54) is 0 Å². The molecule has 130 valence electrons. The Morgan fingerprint density at radius 2 is 1.73 bits per heavy atom. The minimum absolute atomic E-state index is 0.152. The highest BCUT2D eigenvalue weighted by molar-refractivity contribution is 5.57. The number of anilines is 1. The van der Waals surface area contributed by atoms with Crippen molar-refractivity contribution in [1.82, 2.24) is 0 Å². The van der Waals surface area contributed by atoms with Gasteiger partial charge in [0.2, 0.25) is 5.69 Å². The maximum Gasteiger partial charge on any atom is 0.225 e. The summed E-state index contributed by atoms with van der Waals surface area (Å²) < 4.78 is 0. The molecule has 1 saturated heterocycles. The Morgan fingerprint density at radius 1 is 1.04 bits per heavy atom. The molecule has 0 unspecified atom stereocenters. The highest BCUT2D eigenvalue weighted by atomic mass is 15.7. The Balaban J connectivity index is 1.67. The van der Waals surface area contributed by atoms with Crippen LogP contribution >= 0.6 is 0 Å². The molecule has 5 nitrogen and oxygen atoms in total. The van der Waals surface area contributed by atoms with Crippen molar-refractivity contribution in [2.24, 2.45) is 11.0 Å². The lowest BCUT2D eigenvalue weighted by Crippen LogP contribution is -2.57. The second kappa shape index (κ2) is 5.57. The summed E-state index contributed by atoms with van der Waals surface area (Å²) in [6, 6.07) is 23.0. The Kier molecular flexibility index (Phi) is 3.30. The molecule has 0 aromatic heterocycles. The average Bonchev–Trinajstić information content (AvgIpc) is 3.20. The molecule has 2 fully saturated rings. The van der Waals surface area contributed by atoms with Gasteiger partial charge in [-0.25, -0.2) is 5.11 Å². The van der Waals surface area contributed by atoms with E-state index in [1.54, 1.807) is 4.81 Å². The molecule has 1 saturated carbocycles. The number of hydrogen-bond donors (Lipinski definition) is 0. The van der Waals surface area contributed by atoms with Crippen LogP contribution in [0.4, 0.5) is 11.4 Å². The van der Waals surface area contributed by atoms with Crippen LogP contribution in [-0.4, -0.2) is 22.6 Å². The largest absolute Gasteiger partial charge is 0.359 e. The molecule has 5 heteroatoms. The minimum atomic E-state index is -0.456. The monoisotopic (exact) mass is 343 g/mol. The second-order valence-corrected chi connectivity index (χ2v) is 7.40. The molecular formula is C21H21N5. The molecule has 2 aromatic carbocycles. The lowest BCUT2D eigenvalue weighted by Gasteiger charge is -2.49. The van der Waals surface area contributed by atoms with Crippen LogP contribution in [0.15, 0.2) is 65.8 Å². The molecule has 0 amide bonds. The Hall–Kier alpha value is -2.87. The zero-order valence-electron chi connectivity index (χ0n) is 14.6. The van der Waals surface area contributed by atoms with Gasteiger partial charge in [-0.05, 0) is 25.0 Å². The van der Waals surface area contributed by atoms with Crippen molar-refractivity contribution in [2.45, 2.75) is 36.9 Å². The second-order valence-electron chi connectivity index (χ2n) is 7.40. The summed E-state index contributed by atoms with van der Waals surface area (Å²) in [5.41, 5.74) is 6.35. The molecule has 2 heterocycles.